The van der Waals surface area contributed by atoms with Gasteiger partial charge < -0.3 is 19.5 Å². The molecular formula is C21H22ClNO5. The summed E-state index contributed by atoms with van der Waals surface area (Å²) in [5.41, 5.74) is 1.96. The summed E-state index contributed by atoms with van der Waals surface area (Å²) < 4.78 is 16.2. The lowest BCUT2D eigenvalue weighted by molar-refractivity contribution is -0.153. The first kappa shape index (κ1) is 20.0. The highest BCUT2D eigenvalue weighted by atomic mass is 35.5. The van der Waals surface area contributed by atoms with Gasteiger partial charge in [0.2, 0.25) is 0 Å². The number of carbonyl (C=O) groups excluding carboxylic acids is 2. The topological polar surface area (TPSA) is 73.9 Å². The molecule has 0 saturated carbocycles. The van der Waals surface area contributed by atoms with Gasteiger partial charge in [0.15, 0.2) is 6.61 Å². The molecule has 2 aromatic rings. The fraction of sp³-hybridized carbons (Fsp3) is 0.333. The van der Waals surface area contributed by atoms with Crippen LogP contribution in [-0.4, -0.2) is 38.2 Å². The molecule has 2 aromatic carbocycles. The van der Waals surface area contributed by atoms with Crippen LogP contribution >= 0.6 is 11.6 Å². The van der Waals surface area contributed by atoms with Crippen molar-refractivity contribution in [3.8, 4) is 11.5 Å². The van der Waals surface area contributed by atoms with Gasteiger partial charge in [-0.3, -0.25) is 9.59 Å². The van der Waals surface area contributed by atoms with Crippen LogP contribution in [0.25, 0.3) is 0 Å². The zero-order chi connectivity index (χ0) is 19.9. The highest BCUT2D eigenvalue weighted by Gasteiger charge is 2.27. The molecule has 1 aliphatic rings. The maximum absolute atomic E-state index is 12.2. The van der Waals surface area contributed by atoms with Crippen LogP contribution in [0.15, 0.2) is 42.5 Å². The van der Waals surface area contributed by atoms with Gasteiger partial charge in [0.1, 0.15) is 24.7 Å². The van der Waals surface area contributed by atoms with E-state index in [0.717, 1.165) is 22.6 Å². The summed E-state index contributed by atoms with van der Waals surface area (Å²) in [6.45, 7) is 2.52. The van der Waals surface area contributed by atoms with Gasteiger partial charge in [0.05, 0.1) is 12.5 Å². The lowest BCUT2D eigenvalue weighted by Crippen LogP contribution is -2.35. The first-order valence-electron chi connectivity index (χ1n) is 9.05. The predicted molar refractivity (Wildman–Crippen MR) is 105 cm³/mol. The molecule has 1 aliphatic heterocycles. The molecule has 0 radical (unpaired) electrons. The van der Waals surface area contributed by atoms with Crippen LogP contribution in [0.5, 0.6) is 11.5 Å². The van der Waals surface area contributed by atoms with E-state index < -0.39 is 11.9 Å². The van der Waals surface area contributed by atoms with Gasteiger partial charge in [0.25, 0.3) is 5.91 Å². The maximum Gasteiger partial charge on any atom is 0.313 e. The molecule has 1 atom stereocenters. The Morgan fingerprint density at radius 3 is 2.93 bits per heavy atom. The van der Waals surface area contributed by atoms with Crippen molar-refractivity contribution in [1.29, 1.82) is 0 Å². The number of carbonyl (C=O) groups is 2. The molecular weight excluding hydrogens is 382 g/mol. The summed E-state index contributed by atoms with van der Waals surface area (Å²) in [5, 5.41) is 3.25. The van der Waals surface area contributed by atoms with Crippen molar-refractivity contribution >= 4 is 23.5 Å². The largest absolute Gasteiger partial charge is 0.492 e. The summed E-state index contributed by atoms with van der Waals surface area (Å²) in [4.78, 5) is 24.1. The average Bonchev–Trinajstić information content (AvgIpc) is 2.69. The van der Waals surface area contributed by atoms with Gasteiger partial charge in [-0.15, -0.1) is 0 Å². The van der Waals surface area contributed by atoms with Gasteiger partial charge in [-0.25, -0.2) is 0 Å². The minimum atomic E-state index is -0.461. The summed E-state index contributed by atoms with van der Waals surface area (Å²) in [7, 11) is 0. The number of aryl methyl sites for hydroxylation is 1. The number of halogens is 1. The lowest BCUT2D eigenvalue weighted by Gasteiger charge is -2.24. The molecule has 1 N–H and O–H groups in total. The fourth-order valence-electron chi connectivity index (χ4n) is 2.88. The van der Waals surface area contributed by atoms with Crippen LogP contribution < -0.4 is 14.8 Å². The zero-order valence-electron chi connectivity index (χ0n) is 15.6. The van der Waals surface area contributed by atoms with Gasteiger partial charge >= 0.3 is 5.97 Å². The van der Waals surface area contributed by atoms with Crippen LogP contribution in [0.2, 0.25) is 5.02 Å². The van der Waals surface area contributed by atoms with E-state index in [-0.39, 0.29) is 19.1 Å². The number of hydrogen-bond acceptors (Lipinski definition) is 5. The highest BCUT2D eigenvalue weighted by molar-refractivity contribution is 6.30. The standard InChI is InChI=1S/C21H22ClNO5/c1-14-3-2-4-18(9-14)26-8-7-23-20(24)13-28-21(25)16-10-15-11-17(22)5-6-19(15)27-12-16/h2-6,9,11,16H,7-8,10,12-13H2,1H3,(H,23,24)/t16-/m0/s1. The van der Waals surface area contributed by atoms with Crippen LogP contribution in [0.1, 0.15) is 11.1 Å². The Balaban J connectivity index is 1.36. The minimum absolute atomic E-state index is 0.222. The Bertz CT molecular complexity index is 854. The van der Waals surface area contributed by atoms with E-state index in [1.165, 1.54) is 0 Å². The summed E-state index contributed by atoms with van der Waals surface area (Å²) in [6, 6.07) is 13.0. The van der Waals surface area contributed by atoms with Crippen molar-refractivity contribution in [2.75, 3.05) is 26.4 Å². The molecule has 0 aliphatic carbocycles. The van der Waals surface area contributed by atoms with Crippen LogP contribution in [0.4, 0.5) is 0 Å². The Morgan fingerprint density at radius 2 is 2.11 bits per heavy atom. The number of amides is 1. The third-order valence-electron chi connectivity index (χ3n) is 4.29. The quantitative estimate of drug-likeness (QED) is 0.568. The second kappa shape index (κ2) is 9.46. The van der Waals surface area contributed by atoms with Crippen molar-refractivity contribution in [3.63, 3.8) is 0 Å². The number of nitrogens with one attached hydrogen (secondary N) is 1. The number of rotatable bonds is 7. The predicted octanol–water partition coefficient (Wildman–Crippen LogP) is 2.94. The first-order chi connectivity index (χ1) is 13.5. The van der Waals surface area contributed by atoms with Crippen molar-refractivity contribution in [2.24, 2.45) is 5.92 Å². The van der Waals surface area contributed by atoms with Gasteiger partial charge in [-0.1, -0.05) is 23.7 Å². The monoisotopic (exact) mass is 403 g/mol. The Kier molecular flexibility index (Phi) is 6.76. The normalized spacial score (nSPS) is 15.1. The van der Waals surface area contributed by atoms with Crippen LogP contribution in [0, 0.1) is 12.8 Å². The molecule has 7 heteroatoms. The van der Waals surface area contributed by atoms with E-state index in [0.29, 0.717) is 24.6 Å². The zero-order valence-corrected chi connectivity index (χ0v) is 16.3. The van der Waals surface area contributed by atoms with E-state index >= 15 is 0 Å². The molecule has 3 rings (SSSR count). The fourth-order valence-corrected chi connectivity index (χ4v) is 3.08. The average molecular weight is 404 g/mol. The lowest BCUT2D eigenvalue weighted by atomic mass is 9.97. The Hall–Kier alpha value is -2.73. The van der Waals surface area contributed by atoms with Crippen LogP contribution in [0.3, 0.4) is 0 Å². The van der Waals surface area contributed by atoms with E-state index in [1.807, 2.05) is 31.2 Å². The summed E-state index contributed by atoms with van der Waals surface area (Å²) in [5.74, 6) is 0.180. The Morgan fingerprint density at radius 1 is 1.25 bits per heavy atom. The summed E-state index contributed by atoms with van der Waals surface area (Å²) >= 11 is 5.98. The van der Waals surface area contributed by atoms with E-state index in [2.05, 4.69) is 5.32 Å². The molecule has 0 saturated heterocycles. The van der Waals surface area contributed by atoms with Crippen molar-refractivity contribution < 1.29 is 23.8 Å². The molecule has 0 spiro atoms. The van der Waals surface area contributed by atoms with Crippen molar-refractivity contribution in [2.45, 2.75) is 13.3 Å². The molecule has 148 valence electrons. The maximum atomic E-state index is 12.2. The van der Waals surface area contributed by atoms with E-state index in [4.69, 9.17) is 25.8 Å². The van der Waals surface area contributed by atoms with Gasteiger partial charge in [-0.2, -0.15) is 0 Å². The SMILES string of the molecule is Cc1cccc(OCCNC(=O)COC(=O)[C@@H]2COc3ccc(Cl)cc3C2)c1. The number of benzene rings is 2. The number of ether oxygens (including phenoxy) is 3. The smallest absolute Gasteiger partial charge is 0.313 e. The second-order valence-electron chi connectivity index (χ2n) is 6.59. The second-order valence-corrected chi connectivity index (χ2v) is 7.02. The molecule has 28 heavy (non-hydrogen) atoms. The van der Waals surface area contributed by atoms with E-state index in [9.17, 15) is 9.59 Å². The Labute approximate surface area is 168 Å². The van der Waals surface area contributed by atoms with Crippen molar-refractivity contribution in [1.82, 2.24) is 5.32 Å². The van der Waals surface area contributed by atoms with Gasteiger partial charge in [0, 0.05) is 5.02 Å². The third-order valence-corrected chi connectivity index (χ3v) is 4.53. The third kappa shape index (κ3) is 5.63. The molecule has 0 bridgehead atoms. The number of hydrogen-bond donors (Lipinski definition) is 1. The molecule has 0 aromatic heterocycles. The highest BCUT2D eigenvalue weighted by Crippen LogP contribution is 2.30. The summed E-state index contributed by atoms with van der Waals surface area (Å²) in [6.07, 6.45) is 0.473. The molecule has 1 heterocycles. The van der Waals surface area contributed by atoms with E-state index in [1.54, 1.807) is 18.2 Å². The molecule has 6 nitrogen and oxygen atoms in total. The minimum Gasteiger partial charge on any atom is -0.492 e. The molecule has 1 amide bonds. The van der Waals surface area contributed by atoms with Crippen LogP contribution in [-0.2, 0) is 20.7 Å². The molecule has 0 fully saturated rings. The molecule has 0 unspecified atom stereocenters. The first-order valence-corrected chi connectivity index (χ1v) is 9.43. The number of fused-ring (bicyclic) bond motifs is 1. The van der Waals surface area contributed by atoms with Gasteiger partial charge in [-0.05, 0) is 54.8 Å². The number of esters is 1. The van der Waals surface area contributed by atoms with Crippen molar-refractivity contribution in [3.05, 3.63) is 58.6 Å².